The minimum absolute atomic E-state index is 0.0298. The van der Waals surface area contributed by atoms with Crippen LogP contribution >= 0.6 is 11.6 Å². The first kappa shape index (κ1) is 21.9. The molecule has 0 aliphatic rings. The van der Waals surface area contributed by atoms with Crippen LogP contribution in [0, 0.1) is 5.92 Å². The van der Waals surface area contributed by atoms with E-state index in [1.54, 1.807) is 19.9 Å². The predicted molar refractivity (Wildman–Crippen MR) is 114 cm³/mol. The smallest absolute Gasteiger partial charge is 0.313 e. The van der Waals surface area contributed by atoms with Crippen LogP contribution in [0.25, 0.3) is 0 Å². The van der Waals surface area contributed by atoms with E-state index >= 15 is 0 Å². The van der Waals surface area contributed by atoms with Gasteiger partial charge in [0.05, 0.1) is 11.6 Å². The summed E-state index contributed by atoms with van der Waals surface area (Å²) in [5, 5.41) is 10.7. The molecule has 0 unspecified atom stereocenters. The lowest BCUT2D eigenvalue weighted by molar-refractivity contribution is -0.137. The fourth-order valence-corrected chi connectivity index (χ4v) is 2.75. The monoisotopic (exact) mass is 402 g/mol. The fraction of sp³-hybridized carbons (Fsp3) is 0.364. The van der Waals surface area contributed by atoms with Gasteiger partial charge in [0.15, 0.2) is 11.5 Å². The van der Waals surface area contributed by atoms with Gasteiger partial charge in [-0.3, -0.25) is 14.7 Å². The van der Waals surface area contributed by atoms with Crippen LogP contribution < -0.4 is 4.74 Å². The summed E-state index contributed by atoms with van der Waals surface area (Å²) in [4.78, 5) is 18.5. The molecule has 0 fully saturated rings. The van der Waals surface area contributed by atoms with E-state index in [1.165, 1.54) is 17.8 Å². The number of esters is 1. The molecule has 6 heteroatoms. The lowest BCUT2D eigenvalue weighted by atomic mass is 10.1. The number of phenolic OH excluding ortho intramolecular Hbond substituents is 1. The third-order valence-corrected chi connectivity index (χ3v) is 4.56. The number of rotatable bonds is 8. The highest BCUT2D eigenvalue weighted by Crippen LogP contribution is 2.33. The second-order valence-electron chi connectivity index (χ2n) is 6.80. The Labute approximate surface area is 171 Å². The first-order chi connectivity index (χ1) is 13.3. The Morgan fingerprint density at radius 2 is 1.86 bits per heavy atom. The molecule has 0 spiro atoms. The number of phenols is 1. The first-order valence-electron chi connectivity index (χ1n) is 9.43. The zero-order chi connectivity index (χ0) is 20.7. The molecule has 0 aromatic heterocycles. The van der Waals surface area contributed by atoms with Crippen LogP contribution in [-0.4, -0.2) is 35.3 Å². The molecule has 1 N–H and O–H groups in total. The molecule has 0 radical (unpaired) electrons. The third-order valence-electron chi connectivity index (χ3n) is 4.34. The summed E-state index contributed by atoms with van der Waals surface area (Å²) in [5.74, 6) is -0.892. The average molecular weight is 403 g/mol. The Bertz CT molecular complexity index is 828. The molecule has 2 aromatic carbocycles. The summed E-state index contributed by atoms with van der Waals surface area (Å²) in [6.45, 7) is 10.6. The zero-order valence-electron chi connectivity index (χ0n) is 16.8. The van der Waals surface area contributed by atoms with E-state index in [1.807, 2.05) is 24.3 Å². The maximum atomic E-state index is 11.8. The van der Waals surface area contributed by atoms with Gasteiger partial charge in [-0.2, -0.15) is 0 Å². The summed E-state index contributed by atoms with van der Waals surface area (Å²) in [5.41, 5.74) is 2.35. The molecule has 0 bridgehead atoms. The van der Waals surface area contributed by atoms with Gasteiger partial charge in [-0.05, 0) is 36.9 Å². The molecule has 28 heavy (non-hydrogen) atoms. The second kappa shape index (κ2) is 10.2. The van der Waals surface area contributed by atoms with Crippen molar-refractivity contribution >= 4 is 29.5 Å². The highest BCUT2D eigenvalue weighted by atomic mass is 35.5. The average Bonchev–Trinajstić information content (AvgIpc) is 2.68. The van der Waals surface area contributed by atoms with Crippen molar-refractivity contribution in [1.82, 2.24) is 4.90 Å². The second-order valence-corrected chi connectivity index (χ2v) is 7.24. The van der Waals surface area contributed by atoms with Gasteiger partial charge in [0.2, 0.25) is 0 Å². The maximum absolute atomic E-state index is 11.8. The van der Waals surface area contributed by atoms with Crippen molar-refractivity contribution in [2.75, 3.05) is 13.1 Å². The molecule has 0 amide bonds. The van der Waals surface area contributed by atoms with Crippen molar-refractivity contribution in [3.05, 3.63) is 52.5 Å². The van der Waals surface area contributed by atoms with Crippen LogP contribution in [0.15, 0.2) is 41.4 Å². The number of carbonyl (C=O) groups excluding carboxylic acids is 1. The number of aliphatic imine (C=N–C) groups is 1. The predicted octanol–water partition coefficient (Wildman–Crippen LogP) is 5.20. The summed E-state index contributed by atoms with van der Waals surface area (Å²) >= 11 is 6.09. The van der Waals surface area contributed by atoms with Gasteiger partial charge >= 0.3 is 5.97 Å². The number of ether oxygens (including phenoxy) is 1. The third kappa shape index (κ3) is 6.08. The minimum Gasteiger partial charge on any atom is -0.504 e. The highest BCUT2D eigenvalue weighted by molar-refractivity contribution is 6.31. The largest absolute Gasteiger partial charge is 0.504 e. The molecule has 0 heterocycles. The zero-order valence-corrected chi connectivity index (χ0v) is 17.5. The lowest BCUT2D eigenvalue weighted by Crippen LogP contribution is -2.21. The van der Waals surface area contributed by atoms with Crippen LogP contribution in [0.5, 0.6) is 11.5 Å². The summed E-state index contributed by atoms with van der Waals surface area (Å²) in [6, 6.07) is 10.9. The van der Waals surface area contributed by atoms with Gasteiger partial charge in [-0.1, -0.05) is 51.4 Å². The number of hydrogen-bond donors (Lipinski definition) is 1. The Balaban J connectivity index is 2.17. The Morgan fingerprint density at radius 3 is 2.43 bits per heavy atom. The van der Waals surface area contributed by atoms with E-state index in [9.17, 15) is 9.90 Å². The van der Waals surface area contributed by atoms with Gasteiger partial charge in [-0.15, -0.1) is 0 Å². The van der Waals surface area contributed by atoms with Crippen LogP contribution in [0.3, 0.4) is 0 Å². The molecule has 0 aliphatic heterocycles. The van der Waals surface area contributed by atoms with E-state index in [-0.39, 0.29) is 17.4 Å². The molecule has 0 saturated carbocycles. The summed E-state index contributed by atoms with van der Waals surface area (Å²) < 4.78 is 5.21. The van der Waals surface area contributed by atoms with E-state index in [2.05, 4.69) is 23.7 Å². The molecule has 0 atom stereocenters. The van der Waals surface area contributed by atoms with E-state index < -0.39 is 5.97 Å². The standard InChI is InChI=1S/C22H27ClN2O3/c1-5-25(6-2)14-16-7-9-19(10-8-16)24-13-17-11-18(23)12-20(21(17)26)28-22(27)15(3)4/h7-13,15,26H,5-6,14H2,1-4H3. The maximum Gasteiger partial charge on any atom is 0.313 e. The number of aromatic hydroxyl groups is 1. The lowest BCUT2D eigenvalue weighted by Gasteiger charge is -2.17. The molecule has 0 saturated heterocycles. The van der Waals surface area contributed by atoms with E-state index in [0.29, 0.717) is 10.6 Å². The van der Waals surface area contributed by atoms with Crippen LogP contribution in [0.2, 0.25) is 5.02 Å². The molecule has 2 rings (SSSR count). The van der Waals surface area contributed by atoms with E-state index in [4.69, 9.17) is 16.3 Å². The van der Waals surface area contributed by atoms with Crippen molar-refractivity contribution in [2.24, 2.45) is 10.9 Å². The Kier molecular flexibility index (Phi) is 8.03. The normalized spacial score (nSPS) is 11.5. The quantitative estimate of drug-likeness (QED) is 0.374. The van der Waals surface area contributed by atoms with Gasteiger partial charge in [0.1, 0.15) is 0 Å². The topological polar surface area (TPSA) is 62.1 Å². The molecular formula is C22H27ClN2O3. The van der Waals surface area contributed by atoms with Crippen molar-refractivity contribution in [1.29, 1.82) is 0 Å². The first-order valence-corrected chi connectivity index (χ1v) is 9.81. The van der Waals surface area contributed by atoms with Gasteiger partial charge < -0.3 is 9.84 Å². The number of halogens is 1. The SMILES string of the molecule is CCN(CC)Cc1ccc(N=Cc2cc(Cl)cc(OC(=O)C(C)C)c2O)cc1. The van der Waals surface area contributed by atoms with Crippen molar-refractivity contribution in [3.8, 4) is 11.5 Å². The van der Waals surface area contributed by atoms with Gasteiger partial charge in [0.25, 0.3) is 0 Å². The summed E-state index contributed by atoms with van der Waals surface area (Å²) in [6.07, 6.45) is 1.51. The number of carbonyl (C=O) groups is 1. The molecule has 2 aromatic rings. The molecule has 150 valence electrons. The van der Waals surface area contributed by atoms with Crippen LogP contribution in [0.4, 0.5) is 5.69 Å². The Morgan fingerprint density at radius 1 is 1.21 bits per heavy atom. The van der Waals surface area contributed by atoms with Crippen molar-refractivity contribution < 1.29 is 14.6 Å². The van der Waals surface area contributed by atoms with Crippen LogP contribution in [-0.2, 0) is 11.3 Å². The van der Waals surface area contributed by atoms with Gasteiger partial charge in [-0.25, -0.2) is 0 Å². The molecule has 0 aliphatic carbocycles. The van der Waals surface area contributed by atoms with Crippen molar-refractivity contribution in [2.45, 2.75) is 34.2 Å². The Hall–Kier alpha value is -2.37. The fourth-order valence-electron chi connectivity index (χ4n) is 2.53. The number of nitrogens with zero attached hydrogens (tertiary/aromatic N) is 2. The highest BCUT2D eigenvalue weighted by Gasteiger charge is 2.15. The van der Waals surface area contributed by atoms with E-state index in [0.717, 1.165) is 25.3 Å². The molecule has 5 nitrogen and oxygen atoms in total. The molecular weight excluding hydrogens is 376 g/mol. The number of benzene rings is 2. The minimum atomic E-state index is -0.441. The number of hydrogen-bond acceptors (Lipinski definition) is 5. The summed E-state index contributed by atoms with van der Waals surface area (Å²) in [7, 11) is 0. The van der Waals surface area contributed by atoms with Crippen molar-refractivity contribution in [3.63, 3.8) is 0 Å². The van der Waals surface area contributed by atoms with Gasteiger partial charge in [0, 0.05) is 29.4 Å². The van der Waals surface area contributed by atoms with Crippen LogP contribution in [0.1, 0.15) is 38.8 Å².